The molecule has 1 aliphatic carbocycles. The fourth-order valence-electron chi connectivity index (χ4n) is 1.89. The second-order valence-electron chi connectivity index (χ2n) is 6.39. The van der Waals surface area contributed by atoms with Crippen LogP contribution in [0.4, 0.5) is 0 Å². The van der Waals surface area contributed by atoms with E-state index >= 15 is 0 Å². The van der Waals surface area contributed by atoms with Gasteiger partial charge in [-0.05, 0) is 24.3 Å². The van der Waals surface area contributed by atoms with E-state index in [1.807, 2.05) is 25.3 Å². The zero-order valence-corrected chi connectivity index (χ0v) is 12.6. The quantitative estimate of drug-likeness (QED) is 0.862. The highest BCUT2D eigenvalue weighted by Crippen LogP contribution is 2.37. The first kappa shape index (κ1) is 14.6. The first-order valence-electron chi connectivity index (χ1n) is 6.63. The normalized spacial score (nSPS) is 16.8. The Kier molecular flexibility index (Phi) is 3.77. The minimum Gasteiger partial charge on any atom is -0.346 e. The summed E-state index contributed by atoms with van der Waals surface area (Å²) in [6.45, 7) is 6.77. The van der Waals surface area contributed by atoms with Gasteiger partial charge in [-0.1, -0.05) is 20.8 Å². The Morgan fingerprint density at radius 3 is 2.53 bits per heavy atom. The van der Waals surface area contributed by atoms with Crippen molar-refractivity contribution in [1.82, 2.24) is 9.29 Å². The van der Waals surface area contributed by atoms with Crippen molar-refractivity contribution >= 4 is 10.0 Å². The summed E-state index contributed by atoms with van der Waals surface area (Å²) in [5, 5.41) is 0. The molecule has 5 nitrogen and oxygen atoms in total. The molecule has 19 heavy (non-hydrogen) atoms. The van der Waals surface area contributed by atoms with Gasteiger partial charge in [0.1, 0.15) is 0 Å². The van der Waals surface area contributed by atoms with Crippen LogP contribution >= 0.6 is 0 Å². The predicted molar refractivity (Wildman–Crippen MR) is 75.2 cm³/mol. The number of rotatable bonds is 5. The molecule has 0 aliphatic heterocycles. The number of hydrogen-bond acceptors (Lipinski definition) is 3. The molecule has 1 aromatic heterocycles. The molecule has 3 N–H and O–H groups in total. The van der Waals surface area contributed by atoms with Crippen molar-refractivity contribution in [2.45, 2.75) is 51.1 Å². The second kappa shape index (κ2) is 4.92. The van der Waals surface area contributed by atoms with Crippen molar-refractivity contribution < 1.29 is 8.42 Å². The lowest BCUT2D eigenvalue weighted by Gasteiger charge is -2.18. The molecule has 0 spiro atoms. The number of nitrogens with zero attached hydrogens (tertiary/aromatic N) is 1. The van der Waals surface area contributed by atoms with Gasteiger partial charge < -0.3 is 10.3 Å². The maximum Gasteiger partial charge on any atom is 0.242 e. The van der Waals surface area contributed by atoms with Gasteiger partial charge in [-0.2, -0.15) is 0 Å². The summed E-state index contributed by atoms with van der Waals surface area (Å²) in [5.41, 5.74) is 6.49. The van der Waals surface area contributed by atoms with Crippen LogP contribution in [0.25, 0.3) is 0 Å². The summed E-state index contributed by atoms with van der Waals surface area (Å²) >= 11 is 0. The van der Waals surface area contributed by atoms with E-state index in [4.69, 9.17) is 5.73 Å². The van der Waals surface area contributed by atoms with Crippen molar-refractivity contribution in [2.24, 2.45) is 11.1 Å². The molecule has 1 saturated carbocycles. The smallest absolute Gasteiger partial charge is 0.242 e. The Bertz CT molecular complexity index is 551. The van der Waals surface area contributed by atoms with Crippen LogP contribution in [0.15, 0.2) is 17.2 Å². The molecule has 1 aliphatic rings. The SMILES string of the molecule is CC(C)(C)CNS(=O)(=O)c1cc(CN)n(C2CC2)c1. The zero-order chi connectivity index (χ0) is 14.3. The summed E-state index contributed by atoms with van der Waals surface area (Å²) in [5.74, 6) is 0. The average molecular weight is 285 g/mol. The van der Waals surface area contributed by atoms with E-state index in [0.717, 1.165) is 18.5 Å². The van der Waals surface area contributed by atoms with Crippen molar-refractivity contribution in [3.63, 3.8) is 0 Å². The summed E-state index contributed by atoms with van der Waals surface area (Å²) < 4.78 is 29.1. The topological polar surface area (TPSA) is 77.1 Å². The predicted octanol–water partition coefficient (Wildman–Crippen LogP) is 1.61. The van der Waals surface area contributed by atoms with Gasteiger partial charge in [0.05, 0.1) is 4.90 Å². The van der Waals surface area contributed by atoms with E-state index in [0.29, 0.717) is 24.0 Å². The molecule has 1 heterocycles. The molecule has 0 atom stereocenters. The molecule has 0 amide bonds. The van der Waals surface area contributed by atoms with Crippen LogP contribution in [-0.2, 0) is 16.6 Å². The fraction of sp³-hybridized carbons (Fsp3) is 0.692. The van der Waals surface area contributed by atoms with E-state index in [1.54, 1.807) is 12.3 Å². The molecule has 0 aromatic carbocycles. The highest BCUT2D eigenvalue weighted by Gasteiger charge is 2.28. The summed E-state index contributed by atoms with van der Waals surface area (Å²) in [6, 6.07) is 2.12. The van der Waals surface area contributed by atoms with Crippen molar-refractivity contribution in [1.29, 1.82) is 0 Å². The van der Waals surface area contributed by atoms with Crippen LogP contribution in [-0.4, -0.2) is 19.5 Å². The van der Waals surface area contributed by atoms with Crippen LogP contribution in [0.1, 0.15) is 45.3 Å². The minimum absolute atomic E-state index is 0.0805. The molecular weight excluding hydrogens is 262 g/mol. The molecule has 1 aromatic rings. The monoisotopic (exact) mass is 285 g/mol. The van der Waals surface area contributed by atoms with Gasteiger partial charge in [0.25, 0.3) is 0 Å². The lowest BCUT2D eigenvalue weighted by atomic mass is 9.98. The standard InChI is InChI=1S/C13H23N3O2S/c1-13(2,3)9-15-19(17,18)12-6-11(7-14)16(8-12)10-4-5-10/h6,8,10,15H,4-5,7,9,14H2,1-3H3. The van der Waals surface area contributed by atoms with E-state index in [-0.39, 0.29) is 5.41 Å². The Morgan fingerprint density at radius 1 is 1.42 bits per heavy atom. The largest absolute Gasteiger partial charge is 0.346 e. The molecular formula is C13H23N3O2S. The van der Waals surface area contributed by atoms with Gasteiger partial charge in [-0.15, -0.1) is 0 Å². The Balaban J connectivity index is 2.20. The van der Waals surface area contributed by atoms with Gasteiger partial charge in [0.15, 0.2) is 0 Å². The lowest BCUT2D eigenvalue weighted by Crippen LogP contribution is -2.32. The molecule has 6 heteroatoms. The second-order valence-corrected chi connectivity index (χ2v) is 8.16. The Labute approximate surface area is 115 Å². The number of nitrogens with one attached hydrogen (secondary N) is 1. The lowest BCUT2D eigenvalue weighted by molar-refractivity contribution is 0.407. The van der Waals surface area contributed by atoms with Gasteiger partial charge in [0.2, 0.25) is 10.0 Å². The maximum atomic E-state index is 12.2. The zero-order valence-electron chi connectivity index (χ0n) is 11.8. The molecule has 0 radical (unpaired) electrons. The van der Waals surface area contributed by atoms with Crippen LogP contribution in [0, 0.1) is 5.41 Å². The number of hydrogen-bond donors (Lipinski definition) is 2. The first-order valence-corrected chi connectivity index (χ1v) is 8.12. The maximum absolute atomic E-state index is 12.2. The third kappa shape index (κ3) is 3.58. The van der Waals surface area contributed by atoms with Crippen LogP contribution < -0.4 is 10.5 Å². The molecule has 0 unspecified atom stereocenters. The fourth-order valence-corrected chi connectivity index (χ4v) is 3.23. The van der Waals surface area contributed by atoms with Crippen molar-refractivity contribution in [2.75, 3.05) is 6.54 Å². The van der Waals surface area contributed by atoms with Crippen LogP contribution in [0.3, 0.4) is 0 Å². The van der Waals surface area contributed by atoms with Gasteiger partial charge in [-0.3, -0.25) is 0 Å². The number of sulfonamides is 1. The van der Waals surface area contributed by atoms with Crippen LogP contribution in [0.2, 0.25) is 0 Å². The molecule has 108 valence electrons. The first-order chi connectivity index (χ1) is 8.73. The minimum atomic E-state index is -3.44. The molecule has 0 saturated heterocycles. The summed E-state index contributed by atoms with van der Waals surface area (Å²) in [7, 11) is -3.44. The summed E-state index contributed by atoms with van der Waals surface area (Å²) in [6.07, 6.45) is 3.93. The third-order valence-electron chi connectivity index (χ3n) is 3.16. The average Bonchev–Trinajstić information content (AvgIpc) is 3.05. The molecule has 0 bridgehead atoms. The highest BCUT2D eigenvalue weighted by molar-refractivity contribution is 7.89. The Morgan fingerprint density at radius 2 is 2.05 bits per heavy atom. The van der Waals surface area contributed by atoms with Gasteiger partial charge in [-0.25, -0.2) is 13.1 Å². The number of nitrogens with two attached hydrogens (primary N) is 1. The van der Waals surface area contributed by atoms with Crippen LogP contribution in [0.5, 0.6) is 0 Å². The molecule has 2 rings (SSSR count). The van der Waals surface area contributed by atoms with E-state index in [9.17, 15) is 8.42 Å². The van der Waals surface area contributed by atoms with E-state index in [2.05, 4.69) is 4.72 Å². The van der Waals surface area contributed by atoms with E-state index < -0.39 is 10.0 Å². The highest BCUT2D eigenvalue weighted by atomic mass is 32.2. The van der Waals surface area contributed by atoms with Crippen molar-refractivity contribution in [3.8, 4) is 0 Å². The van der Waals surface area contributed by atoms with Gasteiger partial charge in [0, 0.05) is 31.0 Å². The van der Waals surface area contributed by atoms with Crippen molar-refractivity contribution in [3.05, 3.63) is 18.0 Å². The van der Waals surface area contributed by atoms with Gasteiger partial charge >= 0.3 is 0 Å². The Hall–Kier alpha value is -0.850. The summed E-state index contributed by atoms with van der Waals surface area (Å²) in [4.78, 5) is 0.323. The third-order valence-corrected chi connectivity index (χ3v) is 4.53. The number of aromatic nitrogens is 1. The molecule has 1 fully saturated rings. The van der Waals surface area contributed by atoms with E-state index in [1.165, 1.54) is 0 Å².